The predicted molar refractivity (Wildman–Crippen MR) is 111 cm³/mol. The van der Waals surface area contributed by atoms with Crippen molar-refractivity contribution in [1.29, 1.82) is 0 Å². The van der Waals surface area contributed by atoms with Crippen LogP contribution in [0.1, 0.15) is 36.0 Å². The Hall–Kier alpha value is -2.02. The quantitative estimate of drug-likeness (QED) is 0.674. The first-order chi connectivity index (χ1) is 13.2. The van der Waals surface area contributed by atoms with Crippen molar-refractivity contribution in [3.05, 3.63) is 58.0 Å². The first-order valence-electron chi connectivity index (χ1n) is 8.94. The van der Waals surface area contributed by atoms with Crippen molar-refractivity contribution in [2.45, 2.75) is 25.9 Å². The van der Waals surface area contributed by atoms with Crippen LogP contribution in [-0.4, -0.2) is 43.4 Å². The van der Waals surface area contributed by atoms with Gasteiger partial charge >= 0.3 is 0 Å². The van der Waals surface area contributed by atoms with Crippen LogP contribution in [0.2, 0.25) is 10.0 Å². The van der Waals surface area contributed by atoms with Gasteiger partial charge in [0.25, 0.3) is 5.91 Å². The maximum atomic E-state index is 12.8. The van der Waals surface area contributed by atoms with Crippen LogP contribution in [0.4, 0.5) is 0 Å². The number of furan rings is 1. The van der Waals surface area contributed by atoms with E-state index in [1.807, 2.05) is 38.9 Å². The second kappa shape index (κ2) is 9.96. The molecule has 0 saturated heterocycles. The summed E-state index contributed by atoms with van der Waals surface area (Å²) in [5.41, 5.74) is 0.270. The van der Waals surface area contributed by atoms with E-state index in [9.17, 15) is 9.59 Å². The molecular formula is C20H25Cl2N3O3. The second-order valence-corrected chi connectivity index (χ2v) is 7.90. The molecular weight excluding hydrogens is 401 g/mol. The molecule has 28 heavy (non-hydrogen) atoms. The molecule has 152 valence electrons. The van der Waals surface area contributed by atoms with E-state index in [1.54, 1.807) is 18.4 Å². The van der Waals surface area contributed by atoms with E-state index >= 15 is 0 Å². The number of nitrogens with one attached hydrogen (secondary N) is 2. The highest BCUT2D eigenvalue weighted by molar-refractivity contribution is 6.36. The Bertz CT molecular complexity index is 807. The Kier molecular flexibility index (Phi) is 7.92. The molecule has 0 fully saturated rings. The number of benzene rings is 1. The minimum Gasteiger partial charge on any atom is -0.468 e. The molecule has 2 rings (SSSR count). The summed E-state index contributed by atoms with van der Waals surface area (Å²) < 4.78 is 5.45. The van der Waals surface area contributed by atoms with Crippen LogP contribution in [0.25, 0.3) is 0 Å². The fraction of sp³-hybridized carbons (Fsp3) is 0.400. The Labute approximate surface area is 175 Å². The van der Waals surface area contributed by atoms with Crippen molar-refractivity contribution in [2.24, 2.45) is 5.92 Å². The van der Waals surface area contributed by atoms with E-state index in [0.717, 1.165) is 5.76 Å². The van der Waals surface area contributed by atoms with Gasteiger partial charge in [-0.25, -0.2) is 0 Å². The average Bonchev–Trinajstić information content (AvgIpc) is 3.13. The zero-order valence-corrected chi connectivity index (χ0v) is 17.8. The van der Waals surface area contributed by atoms with Crippen molar-refractivity contribution in [3.63, 3.8) is 0 Å². The first-order valence-corrected chi connectivity index (χ1v) is 9.69. The minimum atomic E-state index is -0.710. The molecule has 0 unspecified atom stereocenters. The predicted octanol–water partition coefficient (Wildman–Crippen LogP) is 3.76. The highest BCUT2D eigenvalue weighted by atomic mass is 35.5. The summed E-state index contributed by atoms with van der Waals surface area (Å²) in [4.78, 5) is 27.3. The van der Waals surface area contributed by atoms with Crippen LogP contribution in [-0.2, 0) is 4.79 Å². The molecule has 0 bridgehead atoms. The fourth-order valence-corrected chi connectivity index (χ4v) is 3.25. The van der Waals surface area contributed by atoms with E-state index in [4.69, 9.17) is 27.6 Å². The van der Waals surface area contributed by atoms with Crippen LogP contribution < -0.4 is 10.6 Å². The van der Waals surface area contributed by atoms with Crippen molar-refractivity contribution in [2.75, 3.05) is 20.6 Å². The van der Waals surface area contributed by atoms with Gasteiger partial charge in [0.1, 0.15) is 11.8 Å². The number of hydrogen-bond acceptors (Lipinski definition) is 4. The summed E-state index contributed by atoms with van der Waals surface area (Å²) in [6.07, 6.45) is 1.60. The topological polar surface area (TPSA) is 74.6 Å². The van der Waals surface area contributed by atoms with Gasteiger partial charge in [-0.2, -0.15) is 0 Å². The Morgan fingerprint density at radius 2 is 1.89 bits per heavy atom. The van der Waals surface area contributed by atoms with Crippen LogP contribution in [0.15, 0.2) is 41.0 Å². The maximum absolute atomic E-state index is 12.8. The summed E-state index contributed by atoms with van der Waals surface area (Å²) in [5.74, 6) is -0.0580. The second-order valence-electron chi connectivity index (χ2n) is 7.06. The molecule has 6 nitrogen and oxygen atoms in total. The minimum absolute atomic E-state index is 0.114. The van der Waals surface area contributed by atoms with Gasteiger partial charge in [-0.1, -0.05) is 37.0 Å². The molecule has 1 aromatic heterocycles. The van der Waals surface area contributed by atoms with E-state index in [-0.39, 0.29) is 28.5 Å². The van der Waals surface area contributed by atoms with E-state index < -0.39 is 11.9 Å². The summed E-state index contributed by atoms with van der Waals surface area (Å²) in [6, 6.07) is 7.45. The van der Waals surface area contributed by atoms with Gasteiger partial charge in [0, 0.05) is 11.6 Å². The van der Waals surface area contributed by atoms with E-state index in [2.05, 4.69) is 10.6 Å². The number of rotatable bonds is 8. The van der Waals surface area contributed by atoms with E-state index in [0.29, 0.717) is 11.6 Å². The summed E-state index contributed by atoms with van der Waals surface area (Å²) in [6.45, 7) is 4.08. The smallest absolute Gasteiger partial charge is 0.253 e. The standard InChI is InChI=1S/C20H25Cl2N3O3/c1-12(2)18(24-19(26)14-8-7-13(21)10-15(14)22)20(27)23-11-16(25(3)4)17-6-5-9-28-17/h5-10,12,16,18H,11H2,1-4H3,(H,23,27)(H,24,26)/t16-,18-/m0/s1. The Morgan fingerprint density at radius 3 is 2.43 bits per heavy atom. The SMILES string of the molecule is CC(C)[C@H](NC(=O)c1ccc(Cl)cc1Cl)C(=O)NC[C@@H](c1ccco1)N(C)C. The molecule has 8 heteroatoms. The lowest BCUT2D eigenvalue weighted by Gasteiger charge is -2.26. The highest BCUT2D eigenvalue weighted by Crippen LogP contribution is 2.21. The zero-order chi connectivity index (χ0) is 20.8. The van der Waals surface area contributed by atoms with Crippen LogP contribution >= 0.6 is 23.2 Å². The Balaban J connectivity index is 2.06. The zero-order valence-electron chi connectivity index (χ0n) is 16.3. The van der Waals surface area contributed by atoms with Crippen LogP contribution in [0.5, 0.6) is 0 Å². The molecule has 0 saturated carbocycles. The van der Waals surface area contributed by atoms with Gasteiger partial charge in [-0.15, -0.1) is 0 Å². The van der Waals surface area contributed by atoms with Crippen molar-refractivity contribution >= 4 is 35.0 Å². The molecule has 0 spiro atoms. The number of hydrogen-bond donors (Lipinski definition) is 2. The number of carbonyl (C=O) groups is 2. The Morgan fingerprint density at radius 1 is 1.18 bits per heavy atom. The van der Waals surface area contributed by atoms with Gasteiger partial charge < -0.3 is 15.1 Å². The molecule has 0 radical (unpaired) electrons. The van der Waals surface area contributed by atoms with Gasteiger partial charge in [0.05, 0.1) is 22.9 Å². The van der Waals surface area contributed by atoms with Gasteiger partial charge in [-0.05, 0) is 50.3 Å². The molecule has 0 aliphatic rings. The lowest BCUT2D eigenvalue weighted by Crippen LogP contribution is -2.51. The van der Waals surface area contributed by atoms with Gasteiger partial charge in [0.15, 0.2) is 0 Å². The molecule has 1 heterocycles. The van der Waals surface area contributed by atoms with Crippen LogP contribution in [0.3, 0.4) is 0 Å². The third-order valence-electron chi connectivity index (χ3n) is 4.38. The molecule has 1 aromatic carbocycles. The van der Waals surface area contributed by atoms with Crippen LogP contribution in [0, 0.1) is 5.92 Å². The van der Waals surface area contributed by atoms with E-state index in [1.165, 1.54) is 12.1 Å². The lowest BCUT2D eigenvalue weighted by molar-refractivity contribution is -0.124. The summed E-state index contributed by atoms with van der Waals surface area (Å²) in [7, 11) is 3.81. The summed E-state index contributed by atoms with van der Waals surface area (Å²) >= 11 is 12.0. The van der Waals surface area contributed by atoms with Crippen molar-refractivity contribution in [3.8, 4) is 0 Å². The maximum Gasteiger partial charge on any atom is 0.253 e. The molecule has 0 aliphatic carbocycles. The molecule has 2 aromatic rings. The normalized spacial score (nSPS) is 13.4. The first kappa shape index (κ1) is 22.3. The number of carbonyl (C=O) groups excluding carboxylic acids is 2. The van der Waals surface area contributed by atoms with Crippen molar-refractivity contribution < 1.29 is 14.0 Å². The number of nitrogens with zero attached hydrogens (tertiary/aromatic N) is 1. The number of halogens is 2. The summed E-state index contributed by atoms with van der Waals surface area (Å²) in [5, 5.41) is 6.34. The molecule has 2 amide bonds. The highest BCUT2D eigenvalue weighted by Gasteiger charge is 2.27. The third kappa shape index (κ3) is 5.74. The monoisotopic (exact) mass is 425 g/mol. The van der Waals surface area contributed by atoms with Gasteiger partial charge in [-0.3, -0.25) is 14.5 Å². The van der Waals surface area contributed by atoms with Crippen molar-refractivity contribution in [1.82, 2.24) is 15.5 Å². The van der Waals surface area contributed by atoms with Gasteiger partial charge in [0.2, 0.25) is 5.91 Å². The molecule has 2 N–H and O–H groups in total. The molecule has 2 atom stereocenters. The average molecular weight is 426 g/mol. The fourth-order valence-electron chi connectivity index (χ4n) is 2.75. The lowest BCUT2D eigenvalue weighted by atomic mass is 10.0. The third-order valence-corrected chi connectivity index (χ3v) is 4.92. The largest absolute Gasteiger partial charge is 0.468 e. The number of amides is 2. The number of likely N-dealkylation sites (N-methyl/N-ethyl adjacent to an activating group) is 1. The molecule has 0 aliphatic heterocycles.